The van der Waals surface area contributed by atoms with Crippen molar-refractivity contribution < 1.29 is 9.52 Å². The second kappa shape index (κ2) is 5.77. The summed E-state index contributed by atoms with van der Waals surface area (Å²) in [5.74, 6) is 2.00. The minimum Gasteiger partial charge on any atom is -0.508 e. The number of pyridine rings is 1. The predicted molar refractivity (Wildman–Crippen MR) is 93.1 cm³/mol. The average molecular weight is 319 g/mol. The van der Waals surface area contributed by atoms with Crippen molar-refractivity contribution in [1.29, 1.82) is 0 Å². The fourth-order valence-electron chi connectivity index (χ4n) is 2.82. The smallest absolute Gasteiger partial charge is 0.139 e. The predicted octanol–water partition coefficient (Wildman–Crippen LogP) is 4.22. The van der Waals surface area contributed by atoms with E-state index in [0.29, 0.717) is 6.54 Å². The van der Waals surface area contributed by atoms with Crippen LogP contribution in [0.25, 0.3) is 16.9 Å². The number of nitrogens with zero attached hydrogens (tertiary/aromatic N) is 2. The van der Waals surface area contributed by atoms with Crippen LogP contribution in [0.1, 0.15) is 11.5 Å². The Hall–Kier alpha value is -3.21. The number of phenolic OH excluding ortho intramolecular Hbond substituents is 1. The molecule has 2 N–H and O–H groups in total. The molecule has 3 aromatic heterocycles. The maximum absolute atomic E-state index is 9.53. The molecule has 0 aliphatic heterocycles. The second-order valence-corrected chi connectivity index (χ2v) is 5.65. The van der Waals surface area contributed by atoms with Crippen molar-refractivity contribution in [3.63, 3.8) is 0 Å². The summed E-state index contributed by atoms with van der Waals surface area (Å²) in [7, 11) is 0. The highest BCUT2D eigenvalue weighted by Crippen LogP contribution is 2.31. The molecular weight excluding hydrogens is 302 g/mol. The summed E-state index contributed by atoms with van der Waals surface area (Å²) < 4.78 is 7.50. The number of furan rings is 1. The Morgan fingerprint density at radius 1 is 1.08 bits per heavy atom. The van der Waals surface area contributed by atoms with Gasteiger partial charge in [0.1, 0.15) is 28.7 Å². The van der Waals surface area contributed by atoms with Gasteiger partial charge >= 0.3 is 0 Å². The third-order valence-electron chi connectivity index (χ3n) is 3.99. The zero-order valence-electron chi connectivity index (χ0n) is 13.2. The van der Waals surface area contributed by atoms with Gasteiger partial charge in [-0.3, -0.25) is 4.40 Å². The summed E-state index contributed by atoms with van der Waals surface area (Å²) >= 11 is 0. The van der Waals surface area contributed by atoms with Crippen LogP contribution in [0, 0.1) is 6.92 Å². The summed E-state index contributed by atoms with van der Waals surface area (Å²) in [5, 5.41) is 13.0. The zero-order valence-corrected chi connectivity index (χ0v) is 13.2. The van der Waals surface area contributed by atoms with E-state index in [1.165, 1.54) is 0 Å². The van der Waals surface area contributed by atoms with Gasteiger partial charge in [0, 0.05) is 11.3 Å². The normalized spacial score (nSPS) is 11.0. The number of benzene rings is 1. The highest BCUT2D eigenvalue weighted by molar-refractivity contribution is 5.77. The summed E-state index contributed by atoms with van der Waals surface area (Å²) in [6, 6.07) is 16.9. The largest absolute Gasteiger partial charge is 0.508 e. The molecule has 0 atom stereocenters. The first-order chi connectivity index (χ1) is 11.7. The van der Waals surface area contributed by atoms with Gasteiger partial charge in [0.15, 0.2) is 0 Å². The summed E-state index contributed by atoms with van der Waals surface area (Å²) in [5.41, 5.74) is 3.75. The van der Waals surface area contributed by atoms with E-state index < -0.39 is 0 Å². The number of nitrogens with one attached hydrogen (secondary N) is 1. The Morgan fingerprint density at radius 2 is 1.92 bits per heavy atom. The molecule has 0 radical (unpaired) electrons. The lowest BCUT2D eigenvalue weighted by atomic mass is 10.1. The molecule has 0 aliphatic carbocycles. The molecule has 1 aromatic carbocycles. The van der Waals surface area contributed by atoms with Crippen LogP contribution >= 0.6 is 0 Å². The van der Waals surface area contributed by atoms with Gasteiger partial charge in [-0.2, -0.15) is 0 Å². The highest BCUT2D eigenvalue weighted by atomic mass is 16.3. The second-order valence-electron chi connectivity index (χ2n) is 5.65. The third-order valence-corrected chi connectivity index (χ3v) is 3.99. The van der Waals surface area contributed by atoms with E-state index in [1.54, 1.807) is 18.4 Å². The van der Waals surface area contributed by atoms with E-state index in [2.05, 4.69) is 9.72 Å². The zero-order chi connectivity index (χ0) is 16.5. The number of phenols is 1. The van der Waals surface area contributed by atoms with E-state index >= 15 is 0 Å². The quantitative estimate of drug-likeness (QED) is 0.591. The molecule has 24 heavy (non-hydrogen) atoms. The van der Waals surface area contributed by atoms with Gasteiger partial charge in [0.05, 0.1) is 12.8 Å². The van der Waals surface area contributed by atoms with Crippen LogP contribution < -0.4 is 5.32 Å². The molecule has 5 heteroatoms. The molecule has 0 saturated carbocycles. The van der Waals surface area contributed by atoms with Gasteiger partial charge in [0.2, 0.25) is 0 Å². The van der Waals surface area contributed by atoms with Crippen LogP contribution in [0.3, 0.4) is 0 Å². The fourth-order valence-corrected chi connectivity index (χ4v) is 2.82. The molecule has 5 nitrogen and oxygen atoms in total. The van der Waals surface area contributed by atoms with Gasteiger partial charge in [-0.25, -0.2) is 4.98 Å². The van der Waals surface area contributed by atoms with E-state index in [1.807, 2.05) is 49.4 Å². The number of anilines is 1. The molecule has 0 bridgehead atoms. The minimum absolute atomic E-state index is 0.240. The van der Waals surface area contributed by atoms with Crippen LogP contribution in [0.2, 0.25) is 0 Å². The Kier molecular flexibility index (Phi) is 3.46. The first kappa shape index (κ1) is 14.4. The Balaban J connectivity index is 1.83. The molecule has 0 unspecified atom stereocenters. The van der Waals surface area contributed by atoms with E-state index in [9.17, 15) is 5.11 Å². The molecule has 3 heterocycles. The van der Waals surface area contributed by atoms with Gasteiger partial charge in [-0.05, 0) is 55.5 Å². The topological polar surface area (TPSA) is 62.7 Å². The molecule has 4 aromatic rings. The molecule has 0 spiro atoms. The van der Waals surface area contributed by atoms with Crippen molar-refractivity contribution in [2.45, 2.75) is 13.5 Å². The first-order valence-corrected chi connectivity index (χ1v) is 7.76. The number of aromatic hydroxyl groups is 1. The van der Waals surface area contributed by atoms with Gasteiger partial charge in [0.25, 0.3) is 0 Å². The number of fused-ring (bicyclic) bond motifs is 1. The van der Waals surface area contributed by atoms with Crippen molar-refractivity contribution in [2.75, 3.05) is 5.32 Å². The summed E-state index contributed by atoms with van der Waals surface area (Å²) in [4.78, 5) is 4.76. The molecule has 0 saturated heterocycles. The van der Waals surface area contributed by atoms with Crippen molar-refractivity contribution in [1.82, 2.24) is 9.38 Å². The number of aryl methyl sites for hydroxylation is 1. The lowest BCUT2D eigenvalue weighted by Crippen LogP contribution is -2.04. The van der Waals surface area contributed by atoms with Gasteiger partial charge < -0.3 is 14.8 Å². The number of rotatable bonds is 4. The van der Waals surface area contributed by atoms with E-state index in [0.717, 1.165) is 34.2 Å². The van der Waals surface area contributed by atoms with E-state index in [-0.39, 0.29) is 5.75 Å². The highest BCUT2D eigenvalue weighted by Gasteiger charge is 2.15. The number of imidazole rings is 1. The third kappa shape index (κ3) is 2.50. The Labute approximate surface area is 139 Å². The van der Waals surface area contributed by atoms with Gasteiger partial charge in [-0.1, -0.05) is 6.07 Å². The minimum atomic E-state index is 0.240. The number of aromatic nitrogens is 2. The lowest BCUT2D eigenvalue weighted by Gasteiger charge is -2.09. The van der Waals surface area contributed by atoms with Crippen LogP contribution in [-0.4, -0.2) is 14.5 Å². The van der Waals surface area contributed by atoms with Crippen LogP contribution in [0.4, 0.5) is 5.82 Å². The Bertz CT molecular complexity index is 970. The maximum atomic E-state index is 9.53. The fraction of sp³-hybridized carbons (Fsp3) is 0.105. The molecule has 0 fully saturated rings. The number of hydrogen-bond acceptors (Lipinski definition) is 4. The van der Waals surface area contributed by atoms with Crippen LogP contribution in [0.15, 0.2) is 65.3 Å². The van der Waals surface area contributed by atoms with Crippen molar-refractivity contribution >= 4 is 11.5 Å². The van der Waals surface area contributed by atoms with Crippen molar-refractivity contribution in [3.8, 4) is 17.0 Å². The van der Waals surface area contributed by atoms with Crippen LogP contribution in [-0.2, 0) is 6.54 Å². The molecule has 0 aliphatic rings. The molecular formula is C19H17N3O2. The molecule has 0 amide bonds. The summed E-state index contributed by atoms with van der Waals surface area (Å²) in [6.07, 6.45) is 1.66. The monoisotopic (exact) mass is 319 g/mol. The SMILES string of the molecule is Cc1cccc2nc(-c3ccc(O)cc3)c(NCc3ccco3)n12. The van der Waals surface area contributed by atoms with Crippen molar-refractivity contribution in [2.24, 2.45) is 0 Å². The first-order valence-electron chi connectivity index (χ1n) is 7.76. The Morgan fingerprint density at radius 3 is 2.67 bits per heavy atom. The van der Waals surface area contributed by atoms with E-state index in [4.69, 9.17) is 9.40 Å². The number of hydrogen-bond donors (Lipinski definition) is 2. The maximum Gasteiger partial charge on any atom is 0.139 e. The summed E-state index contributed by atoms with van der Waals surface area (Å²) in [6.45, 7) is 2.62. The molecule has 4 rings (SSSR count). The van der Waals surface area contributed by atoms with Crippen molar-refractivity contribution in [3.05, 3.63) is 72.3 Å². The average Bonchev–Trinajstić information content (AvgIpc) is 3.21. The lowest BCUT2D eigenvalue weighted by molar-refractivity contribution is 0.475. The van der Waals surface area contributed by atoms with Crippen LogP contribution in [0.5, 0.6) is 5.75 Å². The van der Waals surface area contributed by atoms with Gasteiger partial charge in [-0.15, -0.1) is 0 Å². The molecule has 120 valence electrons. The standard InChI is InChI=1S/C19H17N3O2/c1-13-4-2-6-17-21-18(14-7-9-15(23)10-8-14)19(22(13)17)20-12-16-5-3-11-24-16/h2-11,20,23H,12H2,1H3.